The molecule has 4 nitrogen and oxygen atoms in total. The average Bonchev–Trinajstić information content (AvgIpc) is 3.05. The number of nitrogens with zero attached hydrogens (tertiary/aromatic N) is 2. The van der Waals surface area contributed by atoms with Crippen LogP contribution in [0.5, 0.6) is 5.88 Å². The molecule has 2 N–H and O–H groups in total. The van der Waals surface area contributed by atoms with E-state index in [4.69, 9.17) is 10.5 Å². The minimum absolute atomic E-state index is 0.551. The molecular formula is C10H14BrN3O. The van der Waals surface area contributed by atoms with Gasteiger partial charge in [0.15, 0.2) is 0 Å². The zero-order valence-electron chi connectivity index (χ0n) is 8.45. The van der Waals surface area contributed by atoms with Crippen LogP contribution < -0.4 is 10.5 Å². The average molecular weight is 272 g/mol. The minimum atomic E-state index is 0.551. The molecule has 0 radical (unpaired) electrons. The zero-order chi connectivity index (χ0) is 10.7. The van der Waals surface area contributed by atoms with Gasteiger partial charge in [-0.15, -0.1) is 0 Å². The Morgan fingerprint density at radius 1 is 1.53 bits per heavy atom. The van der Waals surface area contributed by atoms with Crippen molar-refractivity contribution < 1.29 is 4.74 Å². The van der Waals surface area contributed by atoms with Crippen LogP contribution >= 0.6 is 15.9 Å². The number of halogens is 1. The summed E-state index contributed by atoms with van der Waals surface area (Å²) in [6.45, 7) is 1.24. The monoisotopic (exact) mass is 271 g/mol. The van der Waals surface area contributed by atoms with Gasteiger partial charge in [0, 0.05) is 12.1 Å². The Morgan fingerprint density at radius 3 is 3.00 bits per heavy atom. The normalized spacial score (nSPS) is 15.3. The molecule has 1 aliphatic carbocycles. The molecule has 5 heteroatoms. The summed E-state index contributed by atoms with van der Waals surface area (Å²) in [5, 5.41) is 0. The lowest BCUT2D eigenvalue weighted by atomic mass is 10.4. The van der Waals surface area contributed by atoms with Crippen LogP contribution in [-0.4, -0.2) is 23.1 Å². The van der Waals surface area contributed by atoms with E-state index in [1.54, 1.807) is 6.20 Å². The highest BCUT2D eigenvalue weighted by Crippen LogP contribution is 2.39. The summed E-state index contributed by atoms with van der Waals surface area (Å²) in [6, 6.07) is 0. The van der Waals surface area contributed by atoms with Gasteiger partial charge in [0.1, 0.15) is 5.82 Å². The fourth-order valence-electron chi connectivity index (χ4n) is 1.26. The molecule has 0 atom stereocenters. The van der Waals surface area contributed by atoms with Crippen molar-refractivity contribution in [2.24, 2.45) is 5.73 Å². The number of rotatable bonds is 5. The van der Waals surface area contributed by atoms with Gasteiger partial charge in [-0.05, 0) is 41.7 Å². The Hall–Kier alpha value is -0.680. The van der Waals surface area contributed by atoms with Crippen molar-refractivity contribution in [3.8, 4) is 5.88 Å². The maximum Gasteiger partial charge on any atom is 0.231 e. The molecule has 15 heavy (non-hydrogen) atoms. The smallest absolute Gasteiger partial charge is 0.231 e. The maximum atomic E-state index is 5.52. The van der Waals surface area contributed by atoms with Gasteiger partial charge in [-0.3, -0.25) is 0 Å². The summed E-state index contributed by atoms with van der Waals surface area (Å²) in [5.41, 5.74) is 5.39. The van der Waals surface area contributed by atoms with Crippen LogP contribution in [0.1, 0.15) is 31.0 Å². The second kappa shape index (κ2) is 4.90. The fourth-order valence-corrected chi connectivity index (χ4v) is 1.56. The summed E-state index contributed by atoms with van der Waals surface area (Å²) < 4.78 is 6.33. The van der Waals surface area contributed by atoms with Crippen LogP contribution in [0.25, 0.3) is 0 Å². The second-order valence-electron chi connectivity index (χ2n) is 3.65. The molecular weight excluding hydrogens is 258 g/mol. The summed E-state index contributed by atoms with van der Waals surface area (Å²) in [6.07, 6.45) is 5.00. The van der Waals surface area contributed by atoms with Crippen molar-refractivity contribution in [2.45, 2.75) is 25.2 Å². The van der Waals surface area contributed by atoms with E-state index in [0.29, 0.717) is 24.9 Å². The fraction of sp³-hybridized carbons (Fsp3) is 0.600. The van der Waals surface area contributed by atoms with E-state index in [1.807, 2.05) is 0 Å². The number of hydrogen-bond acceptors (Lipinski definition) is 4. The van der Waals surface area contributed by atoms with Crippen LogP contribution in [0.2, 0.25) is 0 Å². The van der Waals surface area contributed by atoms with Gasteiger partial charge >= 0.3 is 0 Å². The molecule has 0 spiro atoms. The zero-order valence-corrected chi connectivity index (χ0v) is 10.0. The Labute approximate surface area is 97.4 Å². The van der Waals surface area contributed by atoms with Crippen LogP contribution in [0.3, 0.4) is 0 Å². The number of ether oxygens (including phenoxy) is 1. The number of aromatic nitrogens is 2. The van der Waals surface area contributed by atoms with Gasteiger partial charge in [-0.1, -0.05) is 0 Å². The summed E-state index contributed by atoms with van der Waals surface area (Å²) >= 11 is 3.37. The molecule has 1 aromatic heterocycles. The Balaban J connectivity index is 2.03. The quantitative estimate of drug-likeness (QED) is 0.831. The van der Waals surface area contributed by atoms with Crippen molar-refractivity contribution in [2.75, 3.05) is 13.2 Å². The van der Waals surface area contributed by atoms with Crippen molar-refractivity contribution in [1.29, 1.82) is 0 Å². The molecule has 0 saturated heterocycles. The van der Waals surface area contributed by atoms with Crippen molar-refractivity contribution in [3.63, 3.8) is 0 Å². The third-order valence-electron chi connectivity index (χ3n) is 2.26. The van der Waals surface area contributed by atoms with E-state index >= 15 is 0 Å². The lowest BCUT2D eigenvalue weighted by Crippen LogP contribution is -2.08. The Morgan fingerprint density at radius 2 is 2.33 bits per heavy atom. The lowest BCUT2D eigenvalue weighted by Gasteiger charge is -2.07. The molecule has 1 aromatic rings. The third-order valence-corrected chi connectivity index (χ3v) is 2.80. The Bertz CT molecular complexity index is 341. The topological polar surface area (TPSA) is 61.0 Å². The summed E-state index contributed by atoms with van der Waals surface area (Å²) in [7, 11) is 0. The molecule has 2 rings (SSSR count). The molecule has 0 unspecified atom stereocenters. The first-order chi connectivity index (χ1) is 7.31. The van der Waals surface area contributed by atoms with Gasteiger partial charge < -0.3 is 10.5 Å². The van der Waals surface area contributed by atoms with Gasteiger partial charge in [0.2, 0.25) is 5.88 Å². The molecule has 0 aromatic carbocycles. The van der Waals surface area contributed by atoms with Crippen molar-refractivity contribution in [3.05, 3.63) is 16.5 Å². The van der Waals surface area contributed by atoms with Crippen LogP contribution in [0, 0.1) is 0 Å². The van der Waals surface area contributed by atoms with Crippen molar-refractivity contribution >= 4 is 15.9 Å². The molecule has 1 fully saturated rings. The van der Waals surface area contributed by atoms with Gasteiger partial charge in [0.05, 0.1) is 11.1 Å². The first kappa shape index (κ1) is 10.8. The van der Waals surface area contributed by atoms with E-state index in [-0.39, 0.29) is 0 Å². The van der Waals surface area contributed by atoms with E-state index < -0.39 is 0 Å². The maximum absolute atomic E-state index is 5.52. The molecule has 0 bridgehead atoms. The SMILES string of the molecule is NCCCOc1nc(C2CC2)ncc1Br. The van der Waals surface area contributed by atoms with Gasteiger partial charge in [0.25, 0.3) is 0 Å². The molecule has 1 heterocycles. The molecule has 82 valence electrons. The van der Waals surface area contributed by atoms with Crippen LogP contribution in [0.4, 0.5) is 0 Å². The predicted octanol–water partition coefficient (Wildman–Crippen LogP) is 1.84. The summed E-state index contributed by atoms with van der Waals surface area (Å²) in [4.78, 5) is 8.65. The van der Waals surface area contributed by atoms with Gasteiger partial charge in [-0.2, -0.15) is 4.98 Å². The molecule has 0 aliphatic heterocycles. The second-order valence-corrected chi connectivity index (χ2v) is 4.50. The standard InChI is InChI=1S/C10H14BrN3O/c11-8-6-13-9(7-2-3-7)14-10(8)15-5-1-4-12/h6-7H,1-5,12H2. The highest BCUT2D eigenvalue weighted by molar-refractivity contribution is 9.10. The first-order valence-electron chi connectivity index (χ1n) is 5.16. The number of hydrogen-bond donors (Lipinski definition) is 1. The van der Waals surface area contributed by atoms with Crippen molar-refractivity contribution in [1.82, 2.24) is 9.97 Å². The molecule has 0 amide bonds. The third kappa shape index (κ3) is 2.89. The first-order valence-corrected chi connectivity index (χ1v) is 5.96. The van der Waals surface area contributed by atoms with Crippen LogP contribution in [0.15, 0.2) is 10.7 Å². The highest BCUT2D eigenvalue weighted by atomic mass is 79.9. The molecule has 1 saturated carbocycles. The van der Waals surface area contributed by atoms with Gasteiger partial charge in [-0.25, -0.2) is 4.98 Å². The minimum Gasteiger partial charge on any atom is -0.477 e. The van der Waals surface area contributed by atoms with E-state index in [0.717, 1.165) is 16.7 Å². The largest absolute Gasteiger partial charge is 0.477 e. The van der Waals surface area contributed by atoms with E-state index in [1.165, 1.54) is 12.8 Å². The van der Waals surface area contributed by atoms with E-state index in [9.17, 15) is 0 Å². The van der Waals surface area contributed by atoms with E-state index in [2.05, 4.69) is 25.9 Å². The van der Waals surface area contributed by atoms with Crippen LogP contribution in [-0.2, 0) is 0 Å². The highest BCUT2D eigenvalue weighted by Gasteiger charge is 2.27. The number of nitrogens with two attached hydrogens (primary N) is 1. The predicted molar refractivity (Wildman–Crippen MR) is 60.9 cm³/mol. The lowest BCUT2D eigenvalue weighted by molar-refractivity contribution is 0.297. The molecule has 1 aliphatic rings. The summed E-state index contributed by atoms with van der Waals surface area (Å²) in [5.74, 6) is 2.09. The Kier molecular flexibility index (Phi) is 3.53.